The molecule has 0 radical (unpaired) electrons. The molecule has 0 bridgehead atoms. The van der Waals surface area contributed by atoms with Gasteiger partial charge in [-0.05, 0) is 54.6 Å². The second-order valence-electron chi connectivity index (χ2n) is 6.81. The Bertz CT molecular complexity index is 904. The van der Waals surface area contributed by atoms with E-state index in [4.69, 9.17) is 0 Å². The lowest BCUT2D eigenvalue weighted by molar-refractivity contribution is 0.208. The molecule has 4 rings (SSSR count). The van der Waals surface area contributed by atoms with E-state index in [1.807, 2.05) is 18.2 Å². The number of hydrogen-bond donors (Lipinski definition) is 2. The van der Waals surface area contributed by atoms with Crippen LogP contribution in [0.5, 0.6) is 0 Å². The van der Waals surface area contributed by atoms with Crippen molar-refractivity contribution in [1.82, 2.24) is 9.88 Å². The molecule has 2 N–H and O–H groups in total. The number of nitrogens with one attached hydrogen (secondary N) is 2. The van der Waals surface area contributed by atoms with E-state index in [-0.39, 0.29) is 5.56 Å². The second kappa shape index (κ2) is 7.11. The van der Waals surface area contributed by atoms with Gasteiger partial charge in [0.25, 0.3) is 5.56 Å². The van der Waals surface area contributed by atoms with Crippen LogP contribution in [-0.4, -0.2) is 29.0 Å². The van der Waals surface area contributed by atoms with Crippen LogP contribution in [0.15, 0.2) is 65.6 Å². The highest BCUT2D eigenvalue weighted by Gasteiger charge is 2.19. The molecule has 1 aliphatic heterocycles. The number of anilines is 1. The van der Waals surface area contributed by atoms with E-state index >= 15 is 0 Å². The van der Waals surface area contributed by atoms with E-state index in [0.29, 0.717) is 6.04 Å². The molecular formula is C21H23N3O. The lowest BCUT2D eigenvalue weighted by Gasteiger charge is -2.33. The van der Waals surface area contributed by atoms with Gasteiger partial charge in [-0.3, -0.25) is 9.69 Å². The topological polar surface area (TPSA) is 48.1 Å². The first-order valence-corrected chi connectivity index (χ1v) is 8.92. The number of rotatable bonds is 4. The Morgan fingerprint density at radius 1 is 1.12 bits per heavy atom. The van der Waals surface area contributed by atoms with Crippen LogP contribution in [0.4, 0.5) is 5.69 Å². The van der Waals surface area contributed by atoms with Crippen LogP contribution in [0.2, 0.25) is 0 Å². The summed E-state index contributed by atoms with van der Waals surface area (Å²) in [5.74, 6) is 0. The fraction of sp³-hybridized carbons (Fsp3) is 0.286. The van der Waals surface area contributed by atoms with Crippen LogP contribution in [0.3, 0.4) is 0 Å². The van der Waals surface area contributed by atoms with Gasteiger partial charge in [0, 0.05) is 36.4 Å². The highest BCUT2D eigenvalue weighted by Crippen LogP contribution is 2.20. The molecule has 25 heavy (non-hydrogen) atoms. The summed E-state index contributed by atoms with van der Waals surface area (Å²) in [5, 5.41) is 5.37. The number of aromatic nitrogens is 1. The average Bonchev–Trinajstić information content (AvgIpc) is 2.63. The monoisotopic (exact) mass is 333 g/mol. The lowest BCUT2D eigenvalue weighted by atomic mass is 10.0. The Balaban J connectivity index is 1.44. The zero-order chi connectivity index (χ0) is 17.1. The van der Waals surface area contributed by atoms with Crippen molar-refractivity contribution in [1.29, 1.82) is 0 Å². The molecule has 4 heteroatoms. The molecule has 1 atom stereocenters. The number of nitrogens with zero attached hydrogens (tertiary/aromatic N) is 1. The molecule has 3 aromatic rings. The van der Waals surface area contributed by atoms with Crippen LogP contribution < -0.4 is 10.9 Å². The summed E-state index contributed by atoms with van der Waals surface area (Å²) in [6.45, 7) is 3.20. The standard InChI is InChI=1S/C21H23N3O/c25-21-20-9-8-18(13-17(20)10-11-22-21)23-19-7-4-12-24(15-19)14-16-5-2-1-3-6-16/h1-3,5-6,8-11,13,19,23H,4,7,12,14-15H2,(H,22,25). The number of fused-ring (bicyclic) bond motifs is 1. The minimum Gasteiger partial charge on any atom is -0.381 e. The maximum absolute atomic E-state index is 11.8. The maximum atomic E-state index is 11.8. The summed E-state index contributed by atoms with van der Waals surface area (Å²) >= 11 is 0. The number of piperidine rings is 1. The molecule has 1 fully saturated rings. The molecule has 2 heterocycles. The smallest absolute Gasteiger partial charge is 0.255 e. The van der Waals surface area contributed by atoms with Gasteiger partial charge in [0.1, 0.15) is 0 Å². The number of hydrogen-bond acceptors (Lipinski definition) is 3. The molecule has 2 aromatic carbocycles. The Kier molecular flexibility index (Phi) is 4.53. The highest BCUT2D eigenvalue weighted by molar-refractivity contribution is 5.84. The number of benzene rings is 2. The normalized spacial score (nSPS) is 18.3. The van der Waals surface area contributed by atoms with Gasteiger partial charge in [-0.1, -0.05) is 30.3 Å². The predicted molar refractivity (Wildman–Crippen MR) is 103 cm³/mol. The van der Waals surface area contributed by atoms with Gasteiger partial charge in [-0.15, -0.1) is 0 Å². The van der Waals surface area contributed by atoms with Crippen molar-refractivity contribution >= 4 is 16.5 Å². The Labute approximate surface area is 147 Å². The van der Waals surface area contributed by atoms with Crippen molar-refractivity contribution < 1.29 is 0 Å². The molecule has 1 aliphatic rings. The summed E-state index contributed by atoms with van der Waals surface area (Å²) in [4.78, 5) is 17.1. The van der Waals surface area contributed by atoms with Crippen LogP contribution in [-0.2, 0) is 6.54 Å². The first-order chi connectivity index (χ1) is 12.3. The van der Waals surface area contributed by atoms with Gasteiger partial charge in [-0.2, -0.15) is 0 Å². The van der Waals surface area contributed by atoms with Gasteiger partial charge in [0.05, 0.1) is 0 Å². The molecule has 4 nitrogen and oxygen atoms in total. The number of pyridine rings is 1. The van der Waals surface area contributed by atoms with Crippen LogP contribution in [0.25, 0.3) is 10.8 Å². The van der Waals surface area contributed by atoms with E-state index in [1.54, 1.807) is 6.20 Å². The quantitative estimate of drug-likeness (QED) is 0.767. The lowest BCUT2D eigenvalue weighted by Crippen LogP contribution is -2.41. The van der Waals surface area contributed by atoms with Crippen molar-refractivity contribution in [2.75, 3.05) is 18.4 Å². The summed E-state index contributed by atoms with van der Waals surface area (Å²) in [6, 6.07) is 19.0. The zero-order valence-electron chi connectivity index (χ0n) is 14.2. The SMILES string of the molecule is O=c1[nH]ccc2cc(NC3CCCN(Cc4ccccc4)C3)ccc12. The zero-order valence-corrected chi connectivity index (χ0v) is 14.2. The third kappa shape index (κ3) is 3.74. The van der Waals surface area contributed by atoms with Gasteiger partial charge in [0.2, 0.25) is 0 Å². The molecular weight excluding hydrogens is 310 g/mol. The van der Waals surface area contributed by atoms with Crippen molar-refractivity contribution in [2.45, 2.75) is 25.4 Å². The van der Waals surface area contributed by atoms with Gasteiger partial charge in [-0.25, -0.2) is 0 Å². The van der Waals surface area contributed by atoms with Crippen molar-refractivity contribution in [3.05, 3.63) is 76.7 Å². The first kappa shape index (κ1) is 15.9. The van der Waals surface area contributed by atoms with Gasteiger partial charge in [0.15, 0.2) is 0 Å². The summed E-state index contributed by atoms with van der Waals surface area (Å²) in [5.41, 5.74) is 2.42. The van der Waals surface area contributed by atoms with Crippen LogP contribution >= 0.6 is 0 Å². The summed E-state index contributed by atoms with van der Waals surface area (Å²) in [6.07, 6.45) is 4.09. The van der Waals surface area contributed by atoms with Crippen molar-refractivity contribution in [2.24, 2.45) is 0 Å². The predicted octanol–water partition coefficient (Wildman–Crippen LogP) is 3.60. The molecule has 128 valence electrons. The Morgan fingerprint density at radius 2 is 2.00 bits per heavy atom. The minimum absolute atomic E-state index is 0.0317. The molecule has 1 aromatic heterocycles. The maximum Gasteiger partial charge on any atom is 0.255 e. The summed E-state index contributed by atoms with van der Waals surface area (Å²) in [7, 11) is 0. The third-order valence-electron chi connectivity index (χ3n) is 4.90. The fourth-order valence-electron chi connectivity index (χ4n) is 3.68. The van der Waals surface area contributed by atoms with E-state index in [1.165, 1.54) is 18.4 Å². The number of likely N-dealkylation sites (tertiary alicyclic amines) is 1. The second-order valence-corrected chi connectivity index (χ2v) is 6.81. The fourth-order valence-corrected chi connectivity index (χ4v) is 3.68. The molecule has 1 unspecified atom stereocenters. The molecule has 0 saturated carbocycles. The van der Waals surface area contributed by atoms with E-state index in [0.717, 1.165) is 36.1 Å². The van der Waals surface area contributed by atoms with Crippen molar-refractivity contribution in [3.8, 4) is 0 Å². The first-order valence-electron chi connectivity index (χ1n) is 8.92. The number of aromatic amines is 1. The van der Waals surface area contributed by atoms with Crippen LogP contribution in [0.1, 0.15) is 18.4 Å². The molecule has 0 amide bonds. The molecule has 0 spiro atoms. The highest BCUT2D eigenvalue weighted by atomic mass is 16.1. The molecule has 0 aliphatic carbocycles. The molecule has 1 saturated heterocycles. The van der Waals surface area contributed by atoms with Crippen molar-refractivity contribution in [3.63, 3.8) is 0 Å². The largest absolute Gasteiger partial charge is 0.381 e. The van der Waals surface area contributed by atoms with E-state index < -0.39 is 0 Å². The van der Waals surface area contributed by atoms with Crippen LogP contribution in [0, 0.1) is 0 Å². The van der Waals surface area contributed by atoms with Gasteiger partial charge >= 0.3 is 0 Å². The summed E-state index contributed by atoms with van der Waals surface area (Å²) < 4.78 is 0. The minimum atomic E-state index is -0.0317. The third-order valence-corrected chi connectivity index (χ3v) is 4.90. The van der Waals surface area contributed by atoms with Gasteiger partial charge < -0.3 is 10.3 Å². The Morgan fingerprint density at radius 3 is 2.88 bits per heavy atom. The average molecular weight is 333 g/mol. The Hall–Kier alpha value is -2.59. The number of H-pyrrole nitrogens is 1. The van der Waals surface area contributed by atoms with E-state index in [9.17, 15) is 4.79 Å². The van der Waals surface area contributed by atoms with E-state index in [2.05, 4.69) is 51.6 Å².